The third-order valence-corrected chi connectivity index (χ3v) is 3.92. The first-order valence-electron chi connectivity index (χ1n) is 5.92. The van der Waals surface area contributed by atoms with Crippen LogP contribution in [-0.4, -0.2) is 25.2 Å². The summed E-state index contributed by atoms with van der Waals surface area (Å²) < 4.78 is 19.4. The van der Waals surface area contributed by atoms with Gasteiger partial charge in [0, 0.05) is 29.3 Å². The molecule has 0 atom stereocenters. The minimum atomic E-state index is -0.374. The summed E-state index contributed by atoms with van der Waals surface area (Å²) in [6.45, 7) is 2.99. The number of carbonyl (C=O) groups excluding carboxylic acids is 1. The van der Waals surface area contributed by atoms with Gasteiger partial charge in [0.15, 0.2) is 0 Å². The van der Waals surface area contributed by atoms with Crippen LogP contribution in [0.2, 0.25) is 0 Å². The van der Waals surface area contributed by atoms with Crippen molar-refractivity contribution >= 4 is 21.8 Å². The maximum Gasteiger partial charge on any atom is 0.251 e. The number of nitrogens with one attached hydrogen (secondary N) is 1. The molecule has 1 N–H and O–H groups in total. The lowest BCUT2D eigenvalue weighted by atomic mass is 10.1. The average Bonchev–Trinajstić information content (AvgIpc) is 2.36. The summed E-state index contributed by atoms with van der Waals surface area (Å²) in [6, 6.07) is 3.04. The summed E-state index contributed by atoms with van der Waals surface area (Å²) in [7, 11) is 0. The van der Waals surface area contributed by atoms with E-state index in [1.165, 1.54) is 6.07 Å². The smallest absolute Gasteiger partial charge is 0.251 e. The number of ether oxygens (including phenoxy) is 1. The first-order valence-corrected chi connectivity index (χ1v) is 6.71. The van der Waals surface area contributed by atoms with E-state index in [9.17, 15) is 9.18 Å². The SMILES string of the molecule is Cc1c(F)cc(C(=O)NC2CCOCC2)cc1Br. The van der Waals surface area contributed by atoms with Gasteiger partial charge in [-0.2, -0.15) is 0 Å². The molecule has 1 aliphatic heterocycles. The molecule has 1 aliphatic rings. The van der Waals surface area contributed by atoms with Gasteiger partial charge in [0.1, 0.15) is 5.82 Å². The predicted octanol–water partition coefficient (Wildman–Crippen LogP) is 2.81. The Labute approximate surface area is 114 Å². The Morgan fingerprint density at radius 1 is 1.44 bits per heavy atom. The molecule has 0 aromatic heterocycles. The highest BCUT2D eigenvalue weighted by Crippen LogP contribution is 2.21. The highest BCUT2D eigenvalue weighted by molar-refractivity contribution is 9.10. The molecule has 1 saturated heterocycles. The molecule has 1 heterocycles. The Morgan fingerprint density at radius 2 is 2.11 bits per heavy atom. The Kier molecular flexibility index (Phi) is 4.35. The molecule has 5 heteroatoms. The number of rotatable bonds is 2. The van der Waals surface area contributed by atoms with Gasteiger partial charge in [0.25, 0.3) is 5.91 Å². The maximum atomic E-state index is 13.5. The molecule has 98 valence electrons. The molecule has 1 aromatic carbocycles. The second-order valence-corrected chi connectivity index (χ2v) is 5.28. The van der Waals surface area contributed by atoms with E-state index in [4.69, 9.17) is 4.74 Å². The van der Waals surface area contributed by atoms with Crippen molar-refractivity contribution in [3.8, 4) is 0 Å². The minimum Gasteiger partial charge on any atom is -0.381 e. The molecule has 0 radical (unpaired) electrons. The van der Waals surface area contributed by atoms with E-state index in [0.29, 0.717) is 28.8 Å². The number of hydrogen-bond donors (Lipinski definition) is 1. The van der Waals surface area contributed by atoms with Gasteiger partial charge in [0.05, 0.1) is 0 Å². The van der Waals surface area contributed by atoms with E-state index in [1.807, 2.05) is 0 Å². The van der Waals surface area contributed by atoms with Crippen molar-refractivity contribution in [2.75, 3.05) is 13.2 Å². The Morgan fingerprint density at radius 3 is 2.72 bits per heavy atom. The van der Waals surface area contributed by atoms with Crippen molar-refractivity contribution in [1.82, 2.24) is 5.32 Å². The van der Waals surface area contributed by atoms with E-state index in [1.54, 1.807) is 13.0 Å². The summed E-state index contributed by atoms with van der Waals surface area (Å²) in [5.41, 5.74) is 0.856. The highest BCUT2D eigenvalue weighted by atomic mass is 79.9. The van der Waals surface area contributed by atoms with Crippen LogP contribution >= 0.6 is 15.9 Å². The fraction of sp³-hybridized carbons (Fsp3) is 0.462. The van der Waals surface area contributed by atoms with Crippen LogP contribution in [0.15, 0.2) is 16.6 Å². The summed E-state index contributed by atoms with van der Waals surface area (Å²) in [5.74, 6) is -0.608. The van der Waals surface area contributed by atoms with Gasteiger partial charge in [-0.25, -0.2) is 4.39 Å². The second-order valence-electron chi connectivity index (χ2n) is 4.43. The van der Waals surface area contributed by atoms with Gasteiger partial charge in [-0.15, -0.1) is 0 Å². The van der Waals surface area contributed by atoms with Crippen LogP contribution in [0.1, 0.15) is 28.8 Å². The third-order valence-electron chi connectivity index (χ3n) is 3.10. The Balaban J connectivity index is 2.08. The average molecular weight is 316 g/mol. The van der Waals surface area contributed by atoms with Crippen LogP contribution in [0, 0.1) is 12.7 Å². The van der Waals surface area contributed by atoms with E-state index >= 15 is 0 Å². The lowest BCUT2D eigenvalue weighted by Gasteiger charge is -2.23. The van der Waals surface area contributed by atoms with Crippen molar-refractivity contribution in [1.29, 1.82) is 0 Å². The van der Waals surface area contributed by atoms with Crippen molar-refractivity contribution in [2.45, 2.75) is 25.8 Å². The normalized spacial score (nSPS) is 16.6. The monoisotopic (exact) mass is 315 g/mol. The third kappa shape index (κ3) is 3.09. The van der Waals surface area contributed by atoms with Gasteiger partial charge < -0.3 is 10.1 Å². The molecular weight excluding hydrogens is 301 g/mol. The molecule has 0 bridgehead atoms. The molecule has 3 nitrogen and oxygen atoms in total. The highest BCUT2D eigenvalue weighted by Gasteiger charge is 2.18. The summed E-state index contributed by atoms with van der Waals surface area (Å²) >= 11 is 3.25. The van der Waals surface area contributed by atoms with Gasteiger partial charge in [-0.1, -0.05) is 15.9 Å². The van der Waals surface area contributed by atoms with Crippen LogP contribution in [-0.2, 0) is 4.74 Å². The topological polar surface area (TPSA) is 38.3 Å². The summed E-state index contributed by atoms with van der Waals surface area (Å²) in [6.07, 6.45) is 1.61. The van der Waals surface area contributed by atoms with E-state index in [2.05, 4.69) is 21.2 Å². The zero-order valence-corrected chi connectivity index (χ0v) is 11.7. The molecule has 0 spiro atoms. The van der Waals surface area contributed by atoms with Crippen LogP contribution in [0.5, 0.6) is 0 Å². The van der Waals surface area contributed by atoms with Gasteiger partial charge in [-0.05, 0) is 37.5 Å². The van der Waals surface area contributed by atoms with Crippen molar-refractivity contribution < 1.29 is 13.9 Å². The zero-order chi connectivity index (χ0) is 13.1. The van der Waals surface area contributed by atoms with Crippen molar-refractivity contribution in [3.05, 3.63) is 33.5 Å². The van der Waals surface area contributed by atoms with Gasteiger partial charge >= 0.3 is 0 Å². The lowest BCUT2D eigenvalue weighted by molar-refractivity contribution is 0.0696. The molecule has 0 aliphatic carbocycles. The largest absolute Gasteiger partial charge is 0.381 e. The number of carbonyl (C=O) groups is 1. The van der Waals surface area contributed by atoms with Crippen molar-refractivity contribution in [3.63, 3.8) is 0 Å². The minimum absolute atomic E-state index is 0.120. The predicted molar refractivity (Wildman–Crippen MR) is 70.1 cm³/mol. The van der Waals surface area contributed by atoms with E-state index in [0.717, 1.165) is 12.8 Å². The maximum absolute atomic E-state index is 13.5. The fourth-order valence-corrected chi connectivity index (χ4v) is 2.32. The van der Waals surface area contributed by atoms with Crippen LogP contribution in [0.3, 0.4) is 0 Å². The quantitative estimate of drug-likeness (QED) is 0.911. The molecule has 0 unspecified atom stereocenters. The number of halogens is 2. The molecule has 18 heavy (non-hydrogen) atoms. The van der Waals surface area contributed by atoms with Crippen LogP contribution in [0.4, 0.5) is 4.39 Å². The second kappa shape index (κ2) is 5.80. The molecule has 1 amide bonds. The van der Waals surface area contributed by atoms with Crippen LogP contribution in [0.25, 0.3) is 0 Å². The lowest BCUT2D eigenvalue weighted by Crippen LogP contribution is -2.38. The number of hydrogen-bond acceptors (Lipinski definition) is 2. The zero-order valence-electron chi connectivity index (χ0n) is 10.1. The fourth-order valence-electron chi connectivity index (χ4n) is 1.89. The molecule has 1 fully saturated rings. The van der Waals surface area contributed by atoms with Crippen LogP contribution < -0.4 is 5.32 Å². The number of amides is 1. The van der Waals surface area contributed by atoms with E-state index < -0.39 is 0 Å². The molecule has 2 rings (SSSR count). The Bertz CT molecular complexity index is 435. The van der Waals surface area contributed by atoms with E-state index in [-0.39, 0.29) is 17.8 Å². The standard InChI is InChI=1S/C13H15BrFNO2/c1-8-11(14)6-9(7-12(8)15)13(17)16-10-2-4-18-5-3-10/h6-7,10H,2-5H2,1H3,(H,16,17). The Hall–Kier alpha value is -0.940. The summed E-state index contributed by atoms with van der Waals surface area (Å²) in [5, 5.41) is 2.90. The van der Waals surface area contributed by atoms with Gasteiger partial charge in [-0.3, -0.25) is 4.79 Å². The molecule has 0 saturated carbocycles. The number of benzene rings is 1. The molecular formula is C13H15BrFNO2. The summed E-state index contributed by atoms with van der Waals surface area (Å²) in [4.78, 5) is 12.0. The van der Waals surface area contributed by atoms with Crippen molar-refractivity contribution in [2.24, 2.45) is 0 Å². The van der Waals surface area contributed by atoms with Gasteiger partial charge in [0.2, 0.25) is 0 Å². The molecule has 1 aromatic rings. The first-order chi connectivity index (χ1) is 8.58. The first kappa shape index (κ1) is 13.5.